The Kier molecular flexibility index (Phi) is 3.66. The van der Waals surface area contributed by atoms with E-state index in [-0.39, 0.29) is 0 Å². The highest BCUT2D eigenvalue weighted by atomic mass is 14.3. The second-order valence-electron chi connectivity index (χ2n) is 5.12. The van der Waals surface area contributed by atoms with Gasteiger partial charge in [0.2, 0.25) is 0 Å². The first-order valence-electron chi connectivity index (χ1n) is 6.74. The van der Waals surface area contributed by atoms with E-state index in [2.05, 4.69) is 19.9 Å². The smallest absolute Gasteiger partial charge is 0.00508 e. The molecule has 0 aromatic heterocycles. The molecule has 0 spiro atoms. The van der Waals surface area contributed by atoms with E-state index in [4.69, 9.17) is 0 Å². The number of fused-ring (bicyclic) bond motifs is 1. The molecule has 0 aromatic rings. The first-order chi connectivity index (χ1) is 7.34. The van der Waals surface area contributed by atoms with Crippen LogP contribution in [0.2, 0.25) is 0 Å². The molecule has 0 fully saturated rings. The fourth-order valence-corrected chi connectivity index (χ4v) is 3.14. The Morgan fingerprint density at radius 1 is 1.20 bits per heavy atom. The average molecular weight is 204 g/mol. The zero-order chi connectivity index (χ0) is 10.7. The molecule has 1 unspecified atom stereocenters. The molecule has 0 saturated carbocycles. The van der Waals surface area contributed by atoms with Crippen LogP contribution in [0.15, 0.2) is 22.8 Å². The molecule has 0 radical (unpaired) electrons. The monoisotopic (exact) mass is 204 g/mol. The summed E-state index contributed by atoms with van der Waals surface area (Å²) < 4.78 is 0. The fraction of sp³-hybridized carbons (Fsp3) is 0.733. The van der Waals surface area contributed by atoms with Crippen LogP contribution in [0.1, 0.15) is 65.2 Å². The van der Waals surface area contributed by atoms with Crippen LogP contribution < -0.4 is 0 Å². The third-order valence-corrected chi connectivity index (χ3v) is 4.03. The van der Waals surface area contributed by atoms with Crippen molar-refractivity contribution in [1.82, 2.24) is 0 Å². The molecule has 0 amide bonds. The van der Waals surface area contributed by atoms with Crippen molar-refractivity contribution in [1.29, 1.82) is 0 Å². The van der Waals surface area contributed by atoms with Crippen molar-refractivity contribution in [2.45, 2.75) is 65.2 Å². The van der Waals surface area contributed by atoms with E-state index >= 15 is 0 Å². The van der Waals surface area contributed by atoms with Gasteiger partial charge in [0, 0.05) is 5.92 Å². The minimum atomic E-state index is 0.852. The second kappa shape index (κ2) is 5.01. The largest absolute Gasteiger partial charge is 0.0804 e. The van der Waals surface area contributed by atoms with Gasteiger partial charge in [-0.3, -0.25) is 0 Å². The van der Waals surface area contributed by atoms with Crippen LogP contribution in [-0.2, 0) is 0 Å². The Bertz CT molecular complexity index is 280. The number of hydrogen-bond donors (Lipinski definition) is 0. The first kappa shape index (κ1) is 11.0. The van der Waals surface area contributed by atoms with E-state index in [0.717, 1.165) is 5.92 Å². The van der Waals surface area contributed by atoms with Gasteiger partial charge in [-0.2, -0.15) is 0 Å². The Morgan fingerprint density at radius 3 is 2.80 bits per heavy atom. The molecule has 0 aliphatic heterocycles. The van der Waals surface area contributed by atoms with Gasteiger partial charge < -0.3 is 0 Å². The molecular weight excluding hydrogens is 180 g/mol. The molecule has 0 nitrogen and oxygen atoms in total. The maximum Gasteiger partial charge on any atom is 0.00508 e. The van der Waals surface area contributed by atoms with Crippen molar-refractivity contribution >= 4 is 0 Å². The van der Waals surface area contributed by atoms with E-state index in [1.165, 1.54) is 51.4 Å². The normalized spacial score (nSPS) is 30.5. The van der Waals surface area contributed by atoms with Gasteiger partial charge in [-0.25, -0.2) is 0 Å². The standard InChI is InChI=1S/C15H24/c1-3-9-13-12(2)14-10-7-5-4-6-8-11-15(13)14/h11,14H,3-10H2,1-2H3/b15-11-. The maximum atomic E-state index is 2.55. The van der Waals surface area contributed by atoms with Crippen molar-refractivity contribution in [2.24, 2.45) is 5.92 Å². The zero-order valence-corrected chi connectivity index (χ0v) is 10.3. The summed E-state index contributed by atoms with van der Waals surface area (Å²) in [6.45, 7) is 4.66. The Hall–Kier alpha value is -0.520. The highest BCUT2D eigenvalue weighted by Crippen LogP contribution is 2.46. The second-order valence-corrected chi connectivity index (χ2v) is 5.12. The summed E-state index contributed by atoms with van der Waals surface area (Å²) in [6.07, 6.45) is 13.7. The molecule has 15 heavy (non-hydrogen) atoms. The number of rotatable bonds is 2. The summed E-state index contributed by atoms with van der Waals surface area (Å²) in [6, 6.07) is 0. The quantitative estimate of drug-likeness (QED) is 0.593. The van der Waals surface area contributed by atoms with Crippen molar-refractivity contribution in [3.8, 4) is 0 Å². The van der Waals surface area contributed by atoms with Gasteiger partial charge in [0.05, 0.1) is 0 Å². The average Bonchev–Trinajstić information content (AvgIpc) is 2.35. The Morgan fingerprint density at radius 2 is 2.00 bits per heavy atom. The number of allylic oxidation sites excluding steroid dienone is 4. The first-order valence-corrected chi connectivity index (χ1v) is 6.74. The van der Waals surface area contributed by atoms with Crippen LogP contribution in [0, 0.1) is 5.92 Å². The van der Waals surface area contributed by atoms with Gasteiger partial charge in [0.15, 0.2) is 0 Å². The molecule has 0 aromatic carbocycles. The summed E-state index contributed by atoms with van der Waals surface area (Å²) in [4.78, 5) is 0. The highest BCUT2D eigenvalue weighted by molar-refractivity contribution is 5.51. The number of hydrogen-bond acceptors (Lipinski definition) is 0. The summed E-state index contributed by atoms with van der Waals surface area (Å²) >= 11 is 0. The highest BCUT2D eigenvalue weighted by Gasteiger charge is 2.30. The molecule has 0 heteroatoms. The molecule has 2 rings (SSSR count). The van der Waals surface area contributed by atoms with Crippen LogP contribution in [0.5, 0.6) is 0 Å². The summed E-state index contributed by atoms with van der Waals surface area (Å²) in [5.41, 5.74) is 5.16. The van der Waals surface area contributed by atoms with Crippen molar-refractivity contribution in [3.63, 3.8) is 0 Å². The van der Waals surface area contributed by atoms with Gasteiger partial charge in [-0.05, 0) is 43.8 Å². The molecule has 0 N–H and O–H groups in total. The minimum Gasteiger partial charge on any atom is -0.0804 e. The minimum absolute atomic E-state index is 0.852. The lowest BCUT2D eigenvalue weighted by molar-refractivity contribution is 0.533. The van der Waals surface area contributed by atoms with Gasteiger partial charge in [-0.1, -0.05) is 44.3 Å². The van der Waals surface area contributed by atoms with Crippen molar-refractivity contribution < 1.29 is 0 Å². The van der Waals surface area contributed by atoms with Crippen molar-refractivity contribution in [2.75, 3.05) is 0 Å². The SMILES string of the molecule is CCCC1=C(C)C2CCCCCC/C=C/12. The lowest BCUT2D eigenvalue weighted by Gasteiger charge is -2.35. The Balaban J connectivity index is 2.12. The Labute approximate surface area is 94.5 Å². The zero-order valence-electron chi connectivity index (χ0n) is 10.3. The van der Waals surface area contributed by atoms with Gasteiger partial charge in [0.25, 0.3) is 0 Å². The molecule has 0 saturated heterocycles. The van der Waals surface area contributed by atoms with E-state index in [1.807, 2.05) is 0 Å². The van der Waals surface area contributed by atoms with Crippen LogP contribution >= 0.6 is 0 Å². The fourth-order valence-electron chi connectivity index (χ4n) is 3.14. The maximum absolute atomic E-state index is 2.55. The van der Waals surface area contributed by atoms with Gasteiger partial charge in [-0.15, -0.1) is 0 Å². The van der Waals surface area contributed by atoms with Crippen LogP contribution in [-0.4, -0.2) is 0 Å². The molecule has 84 valence electrons. The van der Waals surface area contributed by atoms with Crippen LogP contribution in [0.25, 0.3) is 0 Å². The van der Waals surface area contributed by atoms with Crippen LogP contribution in [0.4, 0.5) is 0 Å². The lowest BCUT2D eigenvalue weighted by atomic mass is 9.69. The van der Waals surface area contributed by atoms with E-state index in [1.54, 1.807) is 16.7 Å². The topological polar surface area (TPSA) is 0 Å². The molecule has 0 bridgehead atoms. The summed E-state index contributed by atoms with van der Waals surface area (Å²) in [5.74, 6) is 0.852. The van der Waals surface area contributed by atoms with Crippen LogP contribution in [0.3, 0.4) is 0 Å². The van der Waals surface area contributed by atoms with E-state index in [0.29, 0.717) is 0 Å². The summed E-state index contributed by atoms with van der Waals surface area (Å²) in [5, 5.41) is 0. The van der Waals surface area contributed by atoms with Gasteiger partial charge >= 0.3 is 0 Å². The molecule has 2 aliphatic carbocycles. The molecule has 1 atom stereocenters. The third-order valence-electron chi connectivity index (χ3n) is 4.03. The van der Waals surface area contributed by atoms with Crippen molar-refractivity contribution in [3.05, 3.63) is 22.8 Å². The van der Waals surface area contributed by atoms with Gasteiger partial charge in [0.1, 0.15) is 0 Å². The molecule has 0 heterocycles. The molecule has 2 aliphatic rings. The third kappa shape index (κ3) is 2.19. The van der Waals surface area contributed by atoms with E-state index < -0.39 is 0 Å². The summed E-state index contributed by atoms with van der Waals surface area (Å²) in [7, 11) is 0. The lowest BCUT2D eigenvalue weighted by Crippen LogP contribution is -2.20. The predicted molar refractivity (Wildman–Crippen MR) is 66.9 cm³/mol. The van der Waals surface area contributed by atoms with E-state index in [9.17, 15) is 0 Å². The molecular formula is C15H24. The predicted octanol–water partition coefficient (Wildman–Crippen LogP) is 5.01.